The van der Waals surface area contributed by atoms with Crippen LogP contribution >= 0.6 is 0 Å². The second-order valence-electron chi connectivity index (χ2n) is 3.33. The molecule has 1 aliphatic carbocycles. The van der Waals surface area contributed by atoms with Gasteiger partial charge in [0.25, 0.3) is 0 Å². The van der Waals surface area contributed by atoms with Gasteiger partial charge in [-0.1, -0.05) is 0 Å². The van der Waals surface area contributed by atoms with Gasteiger partial charge < -0.3 is 14.7 Å². The Kier molecular flexibility index (Phi) is 2.51. The van der Waals surface area contributed by atoms with E-state index in [2.05, 4.69) is 5.10 Å². The van der Waals surface area contributed by atoms with Crippen LogP contribution in [0.3, 0.4) is 0 Å². The normalized spacial score (nSPS) is 10.5. The van der Waals surface area contributed by atoms with Gasteiger partial charge in [-0.15, -0.1) is 4.85 Å². The molecule has 7 nitrogen and oxygen atoms in total. The van der Waals surface area contributed by atoms with Gasteiger partial charge in [0.2, 0.25) is 11.2 Å². The van der Waals surface area contributed by atoms with Crippen LogP contribution in [0.5, 0.6) is 11.5 Å². The van der Waals surface area contributed by atoms with Crippen molar-refractivity contribution in [2.24, 2.45) is 0 Å². The minimum absolute atomic E-state index is 0.0194. The van der Waals surface area contributed by atoms with Crippen LogP contribution in [0.4, 0.5) is 0 Å². The number of nitrogens with zero attached hydrogens (tertiary/aromatic N) is 1. The molecule has 0 amide bonds. The summed E-state index contributed by atoms with van der Waals surface area (Å²) in [6.45, 7) is 0. The Bertz CT molecular complexity index is 731. The number of rotatable bonds is 2. The third-order valence-corrected chi connectivity index (χ3v) is 2.42. The van der Waals surface area contributed by atoms with E-state index in [1.807, 2.05) is 0 Å². The second-order valence-corrected chi connectivity index (χ2v) is 3.33. The molecule has 0 fully saturated rings. The van der Waals surface area contributed by atoms with Crippen molar-refractivity contribution in [3.8, 4) is 11.5 Å². The van der Waals surface area contributed by atoms with E-state index in [4.69, 9.17) is 14.9 Å². The van der Waals surface area contributed by atoms with Gasteiger partial charge in [-0.05, 0) is 6.07 Å². The zero-order valence-electron chi connectivity index (χ0n) is 9.27. The summed E-state index contributed by atoms with van der Waals surface area (Å²) >= 11 is 0. The molecule has 0 spiro atoms. The largest absolute Gasteiger partial charge is 0.491 e. The summed E-state index contributed by atoms with van der Waals surface area (Å²) in [5.74, 6) is 0.0153. The van der Waals surface area contributed by atoms with E-state index >= 15 is 0 Å². The van der Waals surface area contributed by atoms with Gasteiger partial charge in [-0.2, -0.15) is 0 Å². The molecule has 0 radical (unpaired) electrons. The Morgan fingerprint density at radius 2 is 2.00 bits per heavy atom. The predicted octanol–water partition coefficient (Wildman–Crippen LogP) is -0.365. The van der Waals surface area contributed by atoms with Crippen LogP contribution in [0, 0.1) is 16.0 Å². The fraction of sp³-hybridized carbons (Fsp3) is 0.200. The number of aromatic nitrogens is 2. The van der Waals surface area contributed by atoms with Crippen LogP contribution in [0.1, 0.15) is 0 Å². The maximum atomic E-state index is 12.0. The first-order valence-corrected chi connectivity index (χ1v) is 4.73. The molecule has 0 bridgehead atoms. The highest BCUT2D eigenvalue weighted by atomic mass is 16.5. The number of ether oxygens (including phenoxy) is 2. The van der Waals surface area contributed by atoms with Crippen LogP contribution in [-0.2, 0) is 0 Å². The Labute approximate surface area is 94.9 Å². The maximum Gasteiger partial charge on any atom is 0.233 e. The highest BCUT2D eigenvalue weighted by Crippen LogP contribution is 2.16. The van der Waals surface area contributed by atoms with Gasteiger partial charge in [-0.25, -0.2) is 0 Å². The standard InChI is InChI=1S/C10H11N3O4/c1-16-9-6(11)7-5(3-4-13(15)12-7)8(14)10(9)17-2/h3-4,11-12,15H,1-2H3. The van der Waals surface area contributed by atoms with Crippen molar-refractivity contribution in [1.29, 1.82) is 5.41 Å². The molecule has 0 aromatic heterocycles. The molecule has 17 heavy (non-hydrogen) atoms. The Hall–Kier alpha value is -2.44. The first-order valence-electron chi connectivity index (χ1n) is 4.73. The van der Waals surface area contributed by atoms with Crippen molar-refractivity contribution in [2.45, 2.75) is 0 Å². The molecular formula is C10H11N3O4. The number of H-pyrrole nitrogens is 1. The second kappa shape index (κ2) is 3.85. The summed E-state index contributed by atoms with van der Waals surface area (Å²) in [5.41, 5.74) is -0.396. The lowest BCUT2D eigenvalue weighted by molar-refractivity contribution is 0.141. The molecular weight excluding hydrogens is 226 g/mol. The van der Waals surface area contributed by atoms with E-state index in [1.54, 1.807) is 0 Å². The fourth-order valence-corrected chi connectivity index (χ4v) is 1.65. The minimum atomic E-state index is -0.396. The molecule has 0 saturated heterocycles. The van der Waals surface area contributed by atoms with E-state index in [9.17, 15) is 10.0 Å². The van der Waals surface area contributed by atoms with Crippen molar-refractivity contribution in [1.82, 2.24) is 9.94 Å². The summed E-state index contributed by atoms with van der Waals surface area (Å²) < 4.78 is 9.92. The molecule has 0 atom stereocenters. The number of hydrogen-bond donors (Lipinski definition) is 3. The van der Waals surface area contributed by atoms with E-state index in [0.29, 0.717) is 4.85 Å². The van der Waals surface area contributed by atoms with E-state index in [0.717, 1.165) is 0 Å². The number of aromatic amines is 1. The highest BCUT2D eigenvalue weighted by Gasteiger charge is 2.14. The van der Waals surface area contributed by atoms with Crippen molar-refractivity contribution in [3.63, 3.8) is 0 Å². The summed E-state index contributed by atoms with van der Waals surface area (Å²) in [6.07, 6.45) is 1.26. The number of nitrogens with one attached hydrogen (secondary N) is 2. The Morgan fingerprint density at radius 1 is 1.35 bits per heavy atom. The lowest BCUT2D eigenvalue weighted by Gasteiger charge is -2.07. The lowest BCUT2D eigenvalue weighted by atomic mass is 10.2. The molecule has 2 aliphatic rings. The van der Waals surface area contributed by atoms with E-state index in [-0.39, 0.29) is 27.4 Å². The molecule has 90 valence electrons. The maximum absolute atomic E-state index is 12.0. The van der Waals surface area contributed by atoms with E-state index < -0.39 is 5.43 Å². The summed E-state index contributed by atoms with van der Waals surface area (Å²) in [6, 6.07) is 1.40. The van der Waals surface area contributed by atoms with Gasteiger partial charge in [0.1, 0.15) is 5.36 Å². The van der Waals surface area contributed by atoms with Gasteiger partial charge in [0.15, 0.2) is 5.75 Å². The lowest BCUT2D eigenvalue weighted by Crippen LogP contribution is -2.21. The molecule has 1 aliphatic heterocycles. The zero-order chi connectivity index (χ0) is 12.6. The average Bonchev–Trinajstić information content (AvgIpc) is 2.33. The van der Waals surface area contributed by atoms with Crippen LogP contribution in [0.15, 0.2) is 17.1 Å². The topological polar surface area (TPSA) is 100 Å². The molecule has 7 heteroatoms. The summed E-state index contributed by atoms with van der Waals surface area (Å²) in [5, 5.41) is 20.0. The third kappa shape index (κ3) is 1.52. The first kappa shape index (κ1) is 11.1. The third-order valence-electron chi connectivity index (χ3n) is 2.42. The average molecular weight is 237 g/mol. The minimum Gasteiger partial charge on any atom is -0.491 e. The van der Waals surface area contributed by atoms with Crippen LogP contribution in [-0.4, -0.2) is 29.4 Å². The SMILES string of the molecule is COc1c(OC)c(=O)c2ccn(O)[nH]c=2c1=N. The van der Waals surface area contributed by atoms with Gasteiger partial charge >= 0.3 is 0 Å². The molecule has 0 unspecified atom stereocenters. The molecule has 0 aromatic rings. The molecule has 3 N–H and O–H groups in total. The summed E-state index contributed by atoms with van der Waals surface area (Å²) in [4.78, 5) is 12.7. The van der Waals surface area contributed by atoms with Crippen molar-refractivity contribution in [3.05, 3.63) is 38.4 Å². The monoisotopic (exact) mass is 237 g/mol. The first-order chi connectivity index (χ1) is 8.10. The quantitative estimate of drug-likeness (QED) is 0.620. The van der Waals surface area contributed by atoms with Crippen molar-refractivity contribution >= 4 is 0 Å². The van der Waals surface area contributed by atoms with Crippen LogP contribution < -0.4 is 20.3 Å². The Morgan fingerprint density at radius 3 is 2.59 bits per heavy atom. The zero-order valence-corrected chi connectivity index (χ0v) is 9.27. The van der Waals surface area contributed by atoms with Gasteiger partial charge in [-0.3, -0.25) is 15.3 Å². The van der Waals surface area contributed by atoms with E-state index in [1.165, 1.54) is 26.5 Å². The predicted molar refractivity (Wildman–Crippen MR) is 56.5 cm³/mol. The van der Waals surface area contributed by atoms with Gasteiger partial charge in [0.05, 0.1) is 31.0 Å². The van der Waals surface area contributed by atoms with Crippen LogP contribution in [0.2, 0.25) is 0 Å². The van der Waals surface area contributed by atoms with Crippen LogP contribution in [0.25, 0.3) is 0 Å². The number of hydrogen-bond acceptors (Lipinski definition) is 5. The Balaban J connectivity index is 3.14. The smallest absolute Gasteiger partial charge is 0.233 e. The van der Waals surface area contributed by atoms with Crippen molar-refractivity contribution in [2.75, 3.05) is 14.2 Å². The molecule has 0 saturated carbocycles. The molecule has 1 heterocycles. The molecule has 2 rings (SSSR count). The van der Waals surface area contributed by atoms with Gasteiger partial charge in [0, 0.05) is 0 Å². The molecule has 0 aromatic carbocycles. The summed E-state index contributed by atoms with van der Waals surface area (Å²) in [7, 11) is 2.68. The van der Waals surface area contributed by atoms with Crippen molar-refractivity contribution < 1.29 is 14.7 Å². The highest BCUT2D eigenvalue weighted by molar-refractivity contribution is 5.39. The fourth-order valence-electron chi connectivity index (χ4n) is 1.65. The number of methoxy groups -OCH3 is 2.